The first-order chi connectivity index (χ1) is 8.22. The second kappa shape index (κ2) is 5.71. The molecule has 2 rings (SSSR count). The molecule has 0 bridgehead atoms. The molecule has 88 valence electrons. The summed E-state index contributed by atoms with van der Waals surface area (Å²) in [5.41, 5.74) is 0.690. The van der Waals surface area contributed by atoms with Crippen LogP contribution < -0.4 is 0 Å². The van der Waals surface area contributed by atoms with Gasteiger partial charge in [0.15, 0.2) is 0 Å². The lowest BCUT2D eigenvalue weighted by Crippen LogP contribution is -1.98. The fourth-order valence-electron chi connectivity index (χ4n) is 1.46. The Morgan fingerprint density at radius 2 is 2.00 bits per heavy atom. The first-order valence-electron chi connectivity index (χ1n) is 5.23. The summed E-state index contributed by atoms with van der Waals surface area (Å²) in [4.78, 5) is 13.9. The number of rotatable bonds is 4. The molecule has 0 atom stereocenters. The molecule has 1 nitrogen and oxygen atoms in total. The monoisotopic (exact) mass is 282 g/mol. The zero-order valence-electron chi connectivity index (χ0n) is 9.27. The first-order valence-corrected chi connectivity index (χ1v) is 7.47. The van der Waals surface area contributed by atoms with E-state index in [1.165, 1.54) is 16.2 Å². The van der Waals surface area contributed by atoms with E-state index in [0.717, 1.165) is 5.75 Å². The molecular formula is C13H11ClOS2. The van der Waals surface area contributed by atoms with Crippen LogP contribution in [0.1, 0.15) is 22.2 Å². The van der Waals surface area contributed by atoms with Gasteiger partial charge in [-0.05, 0) is 41.5 Å². The number of thioether (sulfide) groups is 1. The van der Waals surface area contributed by atoms with E-state index in [1.54, 1.807) is 17.8 Å². The summed E-state index contributed by atoms with van der Waals surface area (Å²) >= 11 is 9.09. The van der Waals surface area contributed by atoms with E-state index in [1.807, 2.05) is 29.6 Å². The Kier molecular flexibility index (Phi) is 4.26. The highest BCUT2D eigenvalue weighted by atomic mass is 35.5. The van der Waals surface area contributed by atoms with Gasteiger partial charge in [-0.25, -0.2) is 0 Å². The highest BCUT2D eigenvalue weighted by molar-refractivity contribution is 7.99. The Morgan fingerprint density at radius 3 is 2.53 bits per heavy atom. The van der Waals surface area contributed by atoms with Gasteiger partial charge in [-0.1, -0.05) is 18.5 Å². The lowest BCUT2D eigenvalue weighted by molar-refractivity contribution is 0.104. The van der Waals surface area contributed by atoms with Crippen molar-refractivity contribution in [1.29, 1.82) is 0 Å². The van der Waals surface area contributed by atoms with Crippen LogP contribution in [0.2, 0.25) is 5.02 Å². The van der Waals surface area contributed by atoms with Crippen LogP contribution in [0.5, 0.6) is 0 Å². The molecule has 2 aromatic rings. The van der Waals surface area contributed by atoms with Crippen LogP contribution in [0.15, 0.2) is 40.6 Å². The molecule has 0 radical (unpaired) electrons. The number of hydrogen-bond acceptors (Lipinski definition) is 3. The molecule has 1 aromatic carbocycles. The van der Waals surface area contributed by atoms with Gasteiger partial charge in [-0.15, -0.1) is 23.1 Å². The SMILES string of the molecule is CCSc1ccc(C(=O)c2sccc2Cl)cc1. The van der Waals surface area contributed by atoms with Gasteiger partial charge in [-0.2, -0.15) is 0 Å². The number of benzene rings is 1. The fraction of sp³-hybridized carbons (Fsp3) is 0.154. The topological polar surface area (TPSA) is 17.1 Å². The minimum absolute atomic E-state index is 0.00181. The van der Waals surface area contributed by atoms with Crippen molar-refractivity contribution in [3.63, 3.8) is 0 Å². The third-order valence-corrected chi connectivity index (χ3v) is 4.49. The van der Waals surface area contributed by atoms with Crippen LogP contribution in [-0.4, -0.2) is 11.5 Å². The molecule has 0 fully saturated rings. The van der Waals surface area contributed by atoms with Gasteiger partial charge in [0, 0.05) is 10.5 Å². The molecule has 0 N–H and O–H groups in total. The number of thiophene rings is 1. The molecule has 1 aromatic heterocycles. The lowest BCUT2D eigenvalue weighted by Gasteiger charge is -2.01. The maximum absolute atomic E-state index is 12.1. The first kappa shape index (κ1) is 12.7. The molecule has 0 amide bonds. The van der Waals surface area contributed by atoms with Gasteiger partial charge in [-0.3, -0.25) is 4.79 Å². The van der Waals surface area contributed by atoms with Gasteiger partial charge in [0.2, 0.25) is 5.78 Å². The summed E-state index contributed by atoms with van der Waals surface area (Å²) in [6.45, 7) is 2.11. The van der Waals surface area contributed by atoms with Crippen molar-refractivity contribution in [1.82, 2.24) is 0 Å². The van der Waals surface area contributed by atoms with E-state index in [9.17, 15) is 4.79 Å². The van der Waals surface area contributed by atoms with E-state index < -0.39 is 0 Å². The molecule has 0 unspecified atom stereocenters. The van der Waals surface area contributed by atoms with Crippen LogP contribution in [0.4, 0.5) is 0 Å². The lowest BCUT2D eigenvalue weighted by atomic mass is 10.1. The van der Waals surface area contributed by atoms with Crippen molar-refractivity contribution in [3.05, 3.63) is 51.2 Å². The summed E-state index contributed by atoms with van der Waals surface area (Å²) in [6, 6.07) is 9.42. The fourth-order valence-corrected chi connectivity index (χ4v) is 3.22. The smallest absolute Gasteiger partial charge is 0.204 e. The van der Waals surface area contributed by atoms with Gasteiger partial charge >= 0.3 is 0 Å². The van der Waals surface area contributed by atoms with E-state index >= 15 is 0 Å². The molecule has 0 saturated carbocycles. The van der Waals surface area contributed by atoms with Gasteiger partial charge in [0.25, 0.3) is 0 Å². The third-order valence-electron chi connectivity index (χ3n) is 2.25. The minimum Gasteiger partial charge on any atom is -0.288 e. The number of carbonyl (C=O) groups is 1. The highest BCUT2D eigenvalue weighted by Gasteiger charge is 2.13. The Balaban J connectivity index is 2.23. The molecular weight excluding hydrogens is 272 g/mol. The Labute approximate surface area is 114 Å². The van der Waals surface area contributed by atoms with Crippen LogP contribution in [-0.2, 0) is 0 Å². The molecule has 0 aliphatic heterocycles. The van der Waals surface area contributed by atoms with E-state index in [-0.39, 0.29) is 5.78 Å². The molecule has 0 aliphatic rings. The standard InChI is InChI=1S/C13H11ClOS2/c1-2-16-10-5-3-9(4-6-10)12(15)13-11(14)7-8-17-13/h3-8H,2H2,1H3. The largest absolute Gasteiger partial charge is 0.288 e. The Hall–Kier alpha value is -0.770. The van der Waals surface area contributed by atoms with Gasteiger partial charge in [0.1, 0.15) is 0 Å². The third kappa shape index (κ3) is 2.92. The number of hydrogen-bond donors (Lipinski definition) is 0. The summed E-state index contributed by atoms with van der Waals surface area (Å²) in [6.07, 6.45) is 0. The molecule has 0 saturated heterocycles. The molecule has 1 heterocycles. The molecule has 0 spiro atoms. The predicted molar refractivity (Wildman–Crippen MR) is 75.6 cm³/mol. The number of ketones is 1. The Bertz CT molecular complexity index is 516. The zero-order chi connectivity index (χ0) is 12.3. The Morgan fingerprint density at radius 1 is 1.29 bits per heavy atom. The van der Waals surface area contributed by atoms with E-state index in [2.05, 4.69) is 6.92 Å². The summed E-state index contributed by atoms with van der Waals surface area (Å²) in [5.74, 6) is 1.03. The van der Waals surface area contributed by atoms with Crippen LogP contribution in [0.3, 0.4) is 0 Å². The maximum Gasteiger partial charge on any atom is 0.204 e. The summed E-state index contributed by atoms with van der Waals surface area (Å²) in [7, 11) is 0. The summed E-state index contributed by atoms with van der Waals surface area (Å²) < 4.78 is 0. The number of carbonyl (C=O) groups excluding carboxylic acids is 1. The van der Waals surface area contributed by atoms with Crippen molar-refractivity contribution < 1.29 is 4.79 Å². The van der Waals surface area contributed by atoms with E-state index in [0.29, 0.717) is 15.5 Å². The minimum atomic E-state index is -0.00181. The molecule has 0 aliphatic carbocycles. The van der Waals surface area contributed by atoms with Crippen molar-refractivity contribution in [3.8, 4) is 0 Å². The van der Waals surface area contributed by atoms with Crippen molar-refractivity contribution in [2.75, 3.05) is 5.75 Å². The van der Waals surface area contributed by atoms with E-state index in [4.69, 9.17) is 11.6 Å². The van der Waals surface area contributed by atoms with Crippen LogP contribution >= 0.6 is 34.7 Å². The second-order valence-corrected chi connectivity index (χ2v) is 6.04. The second-order valence-electron chi connectivity index (χ2n) is 3.38. The predicted octanol–water partition coefficient (Wildman–Crippen LogP) is 4.74. The van der Waals surface area contributed by atoms with Gasteiger partial charge < -0.3 is 0 Å². The maximum atomic E-state index is 12.1. The van der Waals surface area contributed by atoms with Crippen molar-refractivity contribution >= 4 is 40.5 Å². The van der Waals surface area contributed by atoms with Crippen LogP contribution in [0, 0.1) is 0 Å². The molecule has 17 heavy (non-hydrogen) atoms. The van der Waals surface area contributed by atoms with Gasteiger partial charge in [0.05, 0.1) is 9.90 Å². The van der Waals surface area contributed by atoms with Crippen molar-refractivity contribution in [2.45, 2.75) is 11.8 Å². The zero-order valence-corrected chi connectivity index (χ0v) is 11.7. The quantitative estimate of drug-likeness (QED) is 0.595. The summed E-state index contributed by atoms with van der Waals surface area (Å²) in [5, 5.41) is 2.36. The van der Waals surface area contributed by atoms with Crippen LogP contribution in [0.25, 0.3) is 0 Å². The highest BCUT2D eigenvalue weighted by Crippen LogP contribution is 2.26. The molecule has 4 heteroatoms. The van der Waals surface area contributed by atoms with Crippen molar-refractivity contribution in [2.24, 2.45) is 0 Å². The number of halogens is 1. The average molecular weight is 283 g/mol. The normalized spacial score (nSPS) is 10.5. The average Bonchev–Trinajstić information content (AvgIpc) is 2.76.